The summed E-state index contributed by atoms with van der Waals surface area (Å²) in [4.78, 5) is 0. The lowest BCUT2D eigenvalue weighted by Gasteiger charge is -2.01. The molecule has 0 aliphatic rings. The van der Waals surface area contributed by atoms with Gasteiger partial charge in [-0.25, -0.2) is 0 Å². The highest BCUT2D eigenvalue weighted by molar-refractivity contribution is 5.28. The van der Waals surface area contributed by atoms with Crippen molar-refractivity contribution in [3.8, 4) is 6.07 Å². The van der Waals surface area contributed by atoms with Crippen LogP contribution in [0, 0.1) is 18.3 Å². The van der Waals surface area contributed by atoms with Crippen molar-refractivity contribution in [3.63, 3.8) is 0 Å². The number of hydrogen-bond acceptors (Lipinski definition) is 3. The van der Waals surface area contributed by atoms with Crippen molar-refractivity contribution in [2.75, 3.05) is 0 Å². The second-order valence-corrected chi connectivity index (χ2v) is 4.47. The molecule has 2 heterocycles. The van der Waals surface area contributed by atoms with Crippen LogP contribution in [0.4, 0.5) is 0 Å². The summed E-state index contributed by atoms with van der Waals surface area (Å²) in [5.74, 6) is 0. The summed E-state index contributed by atoms with van der Waals surface area (Å²) >= 11 is 0. The zero-order valence-corrected chi connectivity index (χ0v) is 10.9. The highest BCUT2D eigenvalue weighted by Crippen LogP contribution is 2.07. The molecule has 0 radical (unpaired) electrons. The van der Waals surface area contributed by atoms with Crippen LogP contribution < -0.4 is 5.32 Å². The minimum absolute atomic E-state index is 0.685. The molecule has 18 heavy (non-hydrogen) atoms. The van der Waals surface area contributed by atoms with Gasteiger partial charge >= 0.3 is 0 Å². The molecule has 0 saturated carbocycles. The van der Waals surface area contributed by atoms with Gasteiger partial charge in [-0.15, -0.1) is 0 Å². The van der Waals surface area contributed by atoms with Crippen LogP contribution in [0.15, 0.2) is 18.5 Å². The maximum atomic E-state index is 8.87. The van der Waals surface area contributed by atoms with Crippen LogP contribution >= 0.6 is 0 Å². The van der Waals surface area contributed by atoms with Crippen molar-refractivity contribution < 1.29 is 0 Å². The number of aromatic nitrogens is 3. The minimum Gasteiger partial charge on any atom is -0.342 e. The number of nitrogens with one attached hydrogen (secondary N) is 1. The first-order valence-electron chi connectivity index (χ1n) is 5.85. The van der Waals surface area contributed by atoms with E-state index in [1.807, 2.05) is 48.7 Å². The van der Waals surface area contributed by atoms with Crippen LogP contribution in [-0.4, -0.2) is 14.3 Å². The third kappa shape index (κ3) is 2.60. The van der Waals surface area contributed by atoms with Crippen molar-refractivity contribution in [2.24, 2.45) is 14.1 Å². The van der Waals surface area contributed by atoms with Gasteiger partial charge in [0, 0.05) is 45.1 Å². The van der Waals surface area contributed by atoms with E-state index in [-0.39, 0.29) is 0 Å². The molecule has 0 saturated heterocycles. The molecular formula is C13H17N5. The Morgan fingerprint density at radius 2 is 2.11 bits per heavy atom. The van der Waals surface area contributed by atoms with Gasteiger partial charge in [-0.3, -0.25) is 4.68 Å². The third-order valence-corrected chi connectivity index (χ3v) is 2.94. The first kappa shape index (κ1) is 12.4. The van der Waals surface area contributed by atoms with Gasteiger partial charge in [0.15, 0.2) is 0 Å². The average molecular weight is 243 g/mol. The molecule has 0 bridgehead atoms. The maximum Gasteiger partial charge on any atom is 0.120 e. The second-order valence-electron chi connectivity index (χ2n) is 4.47. The fourth-order valence-corrected chi connectivity index (χ4v) is 2.00. The highest BCUT2D eigenvalue weighted by Gasteiger charge is 2.04. The van der Waals surface area contributed by atoms with Gasteiger partial charge in [0.1, 0.15) is 11.8 Å². The lowest BCUT2D eigenvalue weighted by Crippen LogP contribution is -2.12. The topological polar surface area (TPSA) is 58.6 Å². The van der Waals surface area contributed by atoms with Crippen LogP contribution in [0.2, 0.25) is 0 Å². The van der Waals surface area contributed by atoms with E-state index >= 15 is 0 Å². The number of nitrogens with zero attached hydrogens (tertiary/aromatic N) is 4. The Balaban J connectivity index is 1.92. The van der Waals surface area contributed by atoms with Crippen LogP contribution in [0.1, 0.15) is 22.5 Å². The largest absolute Gasteiger partial charge is 0.342 e. The number of nitriles is 1. The Morgan fingerprint density at radius 1 is 1.33 bits per heavy atom. The third-order valence-electron chi connectivity index (χ3n) is 2.94. The standard InChI is InChI=1S/C13H17N5/c1-10-12(9-18(3)16-10)7-15-6-11-4-13(5-14)17(2)8-11/h4,8-9,15H,6-7H2,1-3H3. The summed E-state index contributed by atoms with van der Waals surface area (Å²) in [6, 6.07) is 4.06. The van der Waals surface area contributed by atoms with E-state index in [4.69, 9.17) is 5.26 Å². The monoisotopic (exact) mass is 243 g/mol. The van der Waals surface area contributed by atoms with E-state index in [9.17, 15) is 0 Å². The van der Waals surface area contributed by atoms with Crippen molar-refractivity contribution in [2.45, 2.75) is 20.0 Å². The van der Waals surface area contributed by atoms with Gasteiger partial charge in [0.05, 0.1) is 5.69 Å². The Hall–Kier alpha value is -2.06. The van der Waals surface area contributed by atoms with E-state index in [1.54, 1.807) is 0 Å². The Morgan fingerprint density at radius 3 is 2.67 bits per heavy atom. The summed E-state index contributed by atoms with van der Waals surface area (Å²) in [6.45, 7) is 3.55. The highest BCUT2D eigenvalue weighted by atomic mass is 15.2. The van der Waals surface area contributed by atoms with Crippen molar-refractivity contribution in [1.82, 2.24) is 19.7 Å². The normalized spacial score (nSPS) is 10.6. The lowest BCUT2D eigenvalue weighted by molar-refractivity contribution is 0.689. The molecule has 0 unspecified atom stereocenters. The molecule has 2 aromatic heterocycles. The number of hydrogen-bond donors (Lipinski definition) is 1. The molecule has 0 fully saturated rings. The quantitative estimate of drug-likeness (QED) is 0.878. The molecule has 5 heteroatoms. The van der Waals surface area contributed by atoms with E-state index in [2.05, 4.69) is 16.5 Å². The summed E-state index contributed by atoms with van der Waals surface area (Å²) in [7, 11) is 3.81. The zero-order chi connectivity index (χ0) is 13.1. The maximum absolute atomic E-state index is 8.87. The molecule has 1 N–H and O–H groups in total. The first-order valence-corrected chi connectivity index (χ1v) is 5.85. The van der Waals surface area contributed by atoms with Crippen LogP contribution in [0.3, 0.4) is 0 Å². The van der Waals surface area contributed by atoms with Crippen LogP contribution in [0.25, 0.3) is 0 Å². The van der Waals surface area contributed by atoms with E-state index in [0.29, 0.717) is 5.69 Å². The molecule has 0 aliphatic carbocycles. The molecule has 2 rings (SSSR count). The van der Waals surface area contributed by atoms with Crippen LogP contribution in [-0.2, 0) is 27.2 Å². The number of aryl methyl sites for hydroxylation is 3. The van der Waals surface area contributed by atoms with E-state index < -0.39 is 0 Å². The van der Waals surface area contributed by atoms with Gasteiger partial charge < -0.3 is 9.88 Å². The van der Waals surface area contributed by atoms with Crippen molar-refractivity contribution in [1.29, 1.82) is 5.26 Å². The predicted octanol–water partition coefficient (Wildman–Crippen LogP) is 1.23. The first-order chi connectivity index (χ1) is 8.60. The summed E-state index contributed by atoms with van der Waals surface area (Å²) in [5.41, 5.74) is 4.06. The second kappa shape index (κ2) is 5.07. The minimum atomic E-state index is 0.685. The summed E-state index contributed by atoms with van der Waals surface area (Å²) < 4.78 is 3.66. The molecule has 2 aromatic rings. The Labute approximate surface area is 107 Å². The molecular weight excluding hydrogens is 226 g/mol. The van der Waals surface area contributed by atoms with Gasteiger partial charge in [0.25, 0.3) is 0 Å². The number of rotatable bonds is 4. The van der Waals surface area contributed by atoms with Crippen molar-refractivity contribution >= 4 is 0 Å². The van der Waals surface area contributed by atoms with E-state index in [0.717, 1.165) is 24.3 Å². The van der Waals surface area contributed by atoms with Crippen LogP contribution in [0.5, 0.6) is 0 Å². The summed E-state index contributed by atoms with van der Waals surface area (Å²) in [6.07, 6.45) is 4.00. The smallest absolute Gasteiger partial charge is 0.120 e. The van der Waals surface area contributed by atoms with Gasteiger partial charge in [-0.1, -0.05) is 0 Å². The molecule has 94 valence electrons. The van der Waals surface area contributed by atoms with Gasteiger partial charge in [-0.2, -0.15) is 10.4 Å². The van der Waals surface area contributed by atoms with Gasteiger partial charge in [-0.05, 0) is 18.6 Å². The molecule has 0 amide bonds. The predicted molar refractivity (Wildman–Crippen MR) is 68.6 cm³/mol. The molecule has 0 atom stereocenters. The Bertz CT molecular complexity index is 585. The molecule has 0 spiro atoms. The fourth-order valence-electron chi connectivity index (χ4n) is 2.00. The SMILES string of the molecule is Cc1nn(C)cc1CNCc1cc(C#N)n(C)c1. The molecule has 0 aliphatic heterocycles. The van der Waals surface area contributed by atoms with Crippen molar-refractivity contribution in [3.05, 3.63) is 41.0 Å². The Kier molecular flexibility index (Phi) is 3.49. The van der Waals surface area contributed by atoms with Gasteiger partial charge in [0.2, 0.25) is 0 Å². The molecule has 0 aromatic carbocycles. The molecule has 5 nitrogen and oxygen atoms in total. The van der Waals surface area contributed by atoms with E-state index in [1.165, 1.54) is 5.56 Å². The zero-order valence-electron chi connectivity index (χ0n) is 10.9. The lowest BCUT2D eigenvalue weighted by atomic mass is 10.2. The fraction of sp³-hybridized carbons (Fsp3) is 0.385. The summed E-state index contributed by atoms with van der Waals surface area (Å²) in [5, 5.41) is 16.5. The average Bonchev–Trinajstić information content (AvgIpc) is 2.82.